The van der Waals surface area contributed by atoms with Crippen LogP contribution in [0.4, 0.5) is 5.69 Å². The second-order valence-electron chi connectivity index (χ2n) is 6.76. The molecule has 0 bridgehead atoms. The molecule has 0 spiro atoms. The minimum atomic E-state index is -0.405. The Labute approximate surface area is 162 Å². The van der Waals surface area contributed by atoms with Crippen molar-refractivity contribution in [2.75, 3.05) is 12.4 Å². The van der Waals surface area contributed by atoms with Crippen molar-refractivity contribution in [1.29, 1.82) is 0 Å². The molecule has 3 N–H and O–H groups in total. The Morgan fingerprint density at radius 2 is 1.71 bits per heavy atom. The number of benzene rings is 3. The van der Waals surface area contributed by atoms with E-state index < -0.39 is 5.97 Å². The van der Waals surface area contributed by atoms with Gasteiger partial charge in [-0.1, -0.05) is 42.5 Å². The smallest absolute Gasteiger partial charge is 0.337 e. The van der Waals surface area contributed by atoms with Crippen molar-refractivity contribution >= 4 is 28.3 Å². The number of nitrogens with one attached hydrogen (secondary N) is 3. The van der Waals surface area contributed by atoms with Gasteiger partial charge in [0.25, 0.3) is 0 Å². The third-order valence-corrected chi connectivity index (χ3v) is 4.99. The summed E-state index contributed by atoms with van der Waals surface area (Å²) in [6.45, 7) is 0. The van der Waals surface area contributed by atoms with Crippen LogP contribution in [0, 0.1) is 0 Å². The van der Waals surface area contributed by atoms with Crippen LogP contribution in [-0.2, 0) is 9.53 Å². The molecule has 1 saturated heterocycles. The van der Waals surface area contributed by atoms with Crippen LogP contribution in [0.3, 0.4) is 0 Å². The quantitative estimate of drug-likeness (QED) is 0.611. The highest BCUT2D eigenvalue weighted by molar-refractivity contribution is 5.96. The van der Waals surface area contributed by atoms with Gasteiger partial charge in [0.15, 0.2) is 0 Å². The Morgan fingerprint density at radius 1 is 0.964 bits per heavy atom. The number of hydrogen-bond acceptors (Lipinski definition) is 5. The predicted octanol–water partition coefficient (Wildman–Crippen LogP) is 3.17. The number of esters is 1. The average molecular weight is 375 g/mol. The largest absolute Gasteiger partial charge is 0.465 e. The first-order chi connectivity index (χ1) is 13.7. The van der Waals surface area contributed by atoms with E-state index in [9.17, 15) is 9.59 Å². The number of carbonyl (C=O) groups excluding carboxylic acids is 2. The van der Waals surface area contributed by atoms with Crippen LogP contribution in [-0.4, -0.2) is 25.0 Å². The molecule has 1 aliphatic rings. The lowest BCUT2D eigenvalue weighted by Crippen LogP contribution is -2.39. The van der Waals surface area contributed by atoms with E-state index in [2.05, 4.69) is 45.2 Å². The summed E-state index contributed by atoms with van der Waals surface area (Å²) >= 11 is 0. The molecule has 2 atom stereocenters. The molecule has 6 nitrogen and oxygen atoms in total. The normalized spacial score (nSPS) is 18.8. The molecule has 0 aliphatic carbocycles. The molecule has 3 aromatic rings. The minimum absolute atomic E-state index is 0.0450. The zero-order valence-electron chi connectivity index (χ0n) is 15.4. The first-order valence-corrected chi connectivity index (χ1v) is 9.13. The lowest BCUT2D eigenvalue weighted by molar-refractivity contribution is -0.117. The van der Waals surface area contributed by atoms with Crippen molar-refractivity contribution in [3.63, 3.8) is 0 Å². The summed E-state index contributed by atoms with van der Waals surface area (Å²) < 4.78 is 4.68. The lowest BCUT2D eigenvalue weighted by Gasteiger charge is -2.13. The molecule has 1 heterocycles. The molecule has 2 unspecified atom stereocenters. The SMILES string of the molecule is COC(=O)c1ccc(NC(=O)C2CC(c3cccc4ccccc34)NN2)cc1. The molecule has 0 saturated carbocycles. The summed E-state index contributed by atoms with van der Waals surface area (Å²) in [7, 11) is 1.34. The standard InChI is InChI=1S/C22H21N3O3/c1-28-22(27)15-9-11-16(12-10-15)23-21(26)20-13-19(24-25-20)18-8-4-6-14-5-2-3-7-17(14)18/h2-12,19-20,24-25H,13H2,1H3,(H,23,26). The van der Waals surface area contributed by atoms with Gasteiger partial charge in [0.1, 0.15) is 6.04 Å². The number of ether oxygens (including phenoxy) is 1. The fourth-order valence-corrected chi connectivity index (χ4v) is 3.52. The van der Waals surface area contributed by atoms with Crippen molar-refractivity contribution in [3.8, 4) is 0 Å². The number of hydrazine groups is 1. The summed E-state index contributed by atoms with van der Waals surface area (Å²) in [5.41, 5.74) is 8.58. The number of rotatable bonds is 4. The number of hydrogen-bond donors (Lipinski definition) is 3. The highest BCUT2D eigenvalue weighted by atomic mass is 16.5. The van der Waals surface area contributed by atoms with E-state index in [4.69, 9.17) is 0 Å². The molecule has 3 aromatic carbocycles. The molecular weight excluding hydrogens is 354 g/mol. The zero-order valence-corrected chi connectivity index (χ0v) is 15.4. The first-order valence-electron chi connectivity index (χ1n) is 9.13. The van der Waals surface area contributed by atoms with Gasteiger partial charge in [-0.15, -0.1) is 0 Å². The number of anilines is 1. The Kier molecular flexibility index (Phi) is 5.06. The van der Waals surface area contributed by atoms with Crippen molar-refractivity contribution in [2.45, 2.75) is 18.5 Å². The van der Waals surface area contributed by atoms with Gasteiger partial charge in [-0.2, -0.15) is 0 Å². The summed E-state index contributed by atoms with van der Waals surface area (Å²) in [5.74, 6) is -0.529. The second kappa shape index (κ2) is 7.80. The second-order valence-corrected chi connectivity index (χ2v) is 6.76. The van der Waals surface area contributed by atoms with Gasteiger partial charge in [0, 0.05) is 11.7 Å². The number of fused-ring (bicyclic) bond motifs is 1. The summed E-state index contributed by atoms with van der Waals surface area (Å²) in [4.78, 5) is 24.1. The third kappa shape index (κ3) is 3.60. The highest BCUT2D eigenvalue weighted by Crippen LogP contribution is 2.29. The zero-order chi connectivity index (χ0) is 19.5. The monoisotopic (exact) mass is 375 g/mol. The van der Waals surface area contributed by atoms with Crippen LogP contribution in [0.15, 0.2) is 66.7 Å². The lowest BCUT2D eigenvalue weighted by atomic mass is 9.96. The van der Waals surface area contributed by atoms with Gasteiger partial charge < -0.3 is 10.1 Å². The van der Waals surface area contributed by atoms with Crippen LogP contribution in [0.5, 0.6) is 0 Å². The van der Waals surface area contributed by atoms with Gasteiger partial charge >= 0.3 is 5.97 Å². The molecule has 142 valence electrons. The Balaban J connectivity index is 1.44. The average Bonchev–Trinajstić information content (AvgIpc) is 3.23. The van der Waals surface area contributed by atoms with Crippen molar-refractivity contribution in [2.24, 2.45) is 0 Å². The number of methoxy groups -OCH3 is 1. The molecule has 28 heavy (non-hydrogen) atoms. The van der Waals surface area contributed by atoms with Crippen LogP contribution in [0.25, 0.3) is 10.8 Å². The molecule has 1 amide bonds. The van der Waals surface area contributed by atoms with Gasteiger partial charge in [-0.05, 0) is 47.0 Å². The van der Waals surface area contributed by atoms with E-state index in [-0.39, 0.29) is 18.0 Å². The van der Waals surface area contributed by atoms with Crippen molar-refractivity contribution in [1.82, 2.24) is 10.9 Å². The van der Waals surface area contributed by atoms with E-state index in [1.165, 1.54) is 23.4 Å². The van der Waals surface area contributed by atoms with Crippen LogP contribution >= 0.6 is 0 Å². The maximum Gasteiger partial charge on any atom is 0.337 e. The van der Waals surface area contributed by atoms with E-state index in [1.54, 1.807) is 24.3 Å². The van der Waals surface area contributed by atoms with Crippen molar-refractivity contribution < 1.29 is 14.3 Å². The molecule has 4 rings (SSSR count). The fourth-order valence-electron chi connectivity index (χ4n) is 3.52. The van der Waals surface area contributed by atoms with E-state index in [0.29, 0.717) is 17.7 Å². The van der Waals surface area contributed by atoms with Crippen LogP contribution < -0.4 is 16.2 Å². The molecule has 6 heteroatoms. The molecular formula is C22H21N3O3. The fraction of sp³-hybridized carbons (Fsp3) is 0.182. The van der Waals surface area contributed by atoms with E-state index in [1.807, 2.05) is 18.2 Å². The molecule has 1 aliphatic heterocycles. The number of carbonyl (C=O) groups is 2. The summed E-state index contributed by atoms with van der Waals surface area (Å²) in [6, 6.07) is 20.8. The molecule has 1 fully saturated rings. The van der Waals surface area contributed by atoms with Gasteiger partial charge in [-0.25, -0.2) is 15.6 Å². The summed E-state index contributed by atoms with van der Waals surface area (Å²) in [6.07, 6.45) is 0.639. The third-order valence-electron chi connectivity index (χ3n) is 4.99. The van der Waals surface area contributed by atoms with E-state index >= 15 is 0 Å². The maximum absolute atomic E-state index is 12.6. The topological polar surface area (TPSA) is 79.5 Å². The Bertz CT molecular complexity index is 1010. The van der Waals surface area contributed by atoms with Crippen LogP contribution in [0.1, 0.15) is 28.4 Å². The van der Waals surface area contributed by atoms with Gasteiger partial charge in [0.2, 0.25) is 5.91 Å². The summed E-state index contributed by atoms with van der Waals surface area (Å²) in [5, 5.41) is 5.25. The Hall–Kier alpha value is -3.22. The van der Waals surface area contributed by atoms with E-state index in [0.717, 1.165) is 0 Å². The predicted molar refractivity (Wildman–Crippen MR) is 108 cm³/mol. The number of amides is 1. The first kappa shape index (κ1) is 18.2. The van der Waals surface area contributed by atoms with Crippen molar-refractivity contribution in [3.05, 3.63) is 77.9 Å². The minimum Gasteiger partial charge on any atom is -0.465 e. The van der Waals surface area contributed by atoms with Gasteiger partial charge in [0.05, 0.1) is 12.7 Å². The van der Waals surface area contributed by atoms with Gasteiger partial charge in [-0.3, -0.25) is 4.79 Å². The van der Waals surface area contributed by atoms with Crippen LogP contribution in [0.2, 0.25) is 0 Å². The maximum atomic E-state index is 12.6. The molecule has 0 radical (unpaired) electrons. The Morgan fingerprint density at radius 3 is 2.50 bits per heavy atom. The molecule has 0 aromatic heterocycles. The highest BCUT2D eigenvalue weighted by Gasteiger charge is 2.30.